The number of carbonyl (C=O) groups excluding carboxylic acids is 1. The van der Waals surface area contributed by atoms with Gasteiger partial charge in [-0.25, -0.2) is 9.78 Å². The fraction of sp³-hybridized carbons (Fsp3) is 0.0667. The molecule has 7 heteroatoms. The number of hydrogen-bond donors (Lipinski definition) is 0. The number of para-hydroxylation sites is 1. The maximum atomic E-state index is 13.5. The van der Waals surface area contributed by atoms with Crippen LogP contribution in [0.5, 0.6) is 5.75 Å². The van der Waals surface area contributed by atoms with Gasteiger partial charge in [-0.05, 0) is 56.3 Å². The second-order valence-electron chi connectivity index (χ2n) is 8.62. The van der Waals surface area contributed by atoms with Gasteiger partial charge in [-0.1, -0.05) is 75.6 Å². The van der Waals surface area contributed by atoms with Crippen LogP contribution in [0.15, 0.2) is 105 Å². The summed E-state index contributed by atoms with van der Waals surface area (Å²) < 4.78 is 7.74. The first-order valence-electron chi connectivity index (χ1n) is 11.6. The minimum atomic E-state index is -0.484. The predicted octanol–water partition coefficient (Wildman–Crippen LogP) is 6.54. The maximum Gasteiger partial charge on any atom is 0.343 e. The predicted molar refractivity (Wildman–Crippen MR) is 149 cm³/mol. The van der Waals surface area contributed by atoms with E-state index in [9.17, 15) is 9.59 Å². The molecule has 182 valence electrons. The Balaban J connectivity index is 1.58. The lowest BCUT2D eigenvalue weighted by molar-refractivity contribution is 0.0734. The number of benzene rings is 4. The third-order valence-electron chi connectivity index (χ3n) is 5.84. The Bertz CT molecular complexity index is 1710. The molecule has 0 saturated heterocycles. The number of rotatable bonds is 5. The van der Waals surface area contributed by atoms with Crippen molar-refractivity contribution in [2.45, 2.75) is 13.8 Å². The smallest absolute Gasteiger partial charge is 0.343 e. The number of hydrogen-bond acceptors (Lipinski definition) is 5. The summed E-state index contributed by atoms with van der Waals surface area (Å²) in [5.74, 6) is 0.242. The van der Waals surface area contributed by atoms with Crippen molar-refractivity contribution in [3.05, 3.63) is 128 Å². The lowest BCUT2D eigenvalue weighted by Gasteiger charge is -2.11. The van der Waals surface area contributed by atoms with Gasteiger partial charge in [0.15, 0.2) is 5.82 Å². The van der Waals surface area contributed by atoms with Crippen molar-refractivity contribution in [3.8, 4) is 17.1 Å². The molecular formula is C30H22BrN3O3. The molecule has 4 aromatic carbocycles. The molecule has 0 radical (unpaired) electrons. The first-order chi connectivity index (χ1) is 17.9. The van der Waals surface area contributed by atoms with Crippen molar-refractivity contribution >= 4 is 39.0 Å². The van der Waals surface area contributed by atoms with Gasteiger partial charge in [0.1, 0.15) is 5.75 Å². The van der Waals surface area contributed by atoms with Gasteiger partial charge in [0.05, 0.1) is 22.7 Å². The second kappa shape index (κ2) is 10.3. The number of carbonyl (C=O) groups is 1. The zero-order chi connectivity index (χ0) is 25.9. The zero-order valence-electron chi connectivity index (χ0n) is 20.2. The van der Waals surface area contributed by atoms with E-state index in [0.717, 1.165) is 21.2 Å². The molecule has 0 N–H and O–H groups in total. The minimum absolute atomic E-state index is 0.300. The van der Waals surface area contributed by atoms with Gasteiger partial charge in [0.2, 0.25) is 0 Å². The van der Waals surface area contributed by atoms with Gasteiger partial charge in [0.25, 0.3) is 5.56 Å². The highest BCUT2D eigenvalue weighted by atomic mass is 79.9. The molecule has 5 aromatic rings. The molecule has 0 fully saturated rings. The molecule has 0 aliphatic heterocycles. The first kappa shape index (κ1) is 24.3. The van der Waals surface area contributed by atoms with E-state index in [0.29, 0.717) is 33.6 Å². The molecule has 0 amide bonds. The standard InChI is InChI=1S/C30H22BrN3O3/c1-19-7-11-21(12-8-19)28-33-26-6-4-3-5-25(26)29(35)34(28)32-18-23-17-24(31)15-16-27(23)37-30(36)22-13-9-20(2)10-14-22/h3-18H,1-2H3. The molecule has 0 aliphatic carbocycles. The number of fused-ring (bicyclic) bond motifs is 1. The average Bonchev–Trinajstić information content (AvgIpc) is 2.90. The quantitative estimate of drug-likeness (QED) is 0.141. The molecule has 0 unspecified atom stereocenters. The Labute approximate surface area is 222 Å². The molecule has 1 aromatic heterocycles. The number of esters is 1. The minimum Gasteiger partial charge on any atom is -0.422 e. The highest BCUT2D eigenvalue weighted by Gasteiger charge is 2.14. The van der Waals surface area contributed by atoms with Gasteiger partial charge < -0.3 is 4.74 Å². The molecule has 0 atom stereocenters. The van der Waals surface area contributed by atoms with Crippen LogP contribution in [0.3, 0.4) is 0 Å². The van der Waals surface area contributed by atoms with Gasteiger partial charge >= 0.3 is 5.97 Å². The summed E-state index contributed by atoms with van der Waals surface area (Å²) in [6.45, 7) is 3.95. The van der Waals surface area contributed by atoms with Crippen molar-refractivity contribution in [2.75, 3.05) is 0 Å². The fourth-order valence-corrected chi connectivity index (χ4v) is 4.18. The van der Waals surface area contributed by atoms with Crippen LogP contribution in [0.1, 0.15) is 27.0 Å². The Morgan fingerprint density at radius 3 is 2.32 bits per heavy atom. The normalized spacial score (nSPS) is 11.2. The number of aromatic nitrogens is 2. The number of ether oxygens (including phenoxy) is 1. The van der Waals surface area contributed by atoms with E-state index in [1.807, 2.05) is 56.3 Å². The van der Waals surface area contributed by atoms with E-state index in [-0.39, 0.29) is 5.56 Å². The molecule has 6 nitrogen and oxygen atoms in total. The van der Waals surface area contributed by atoms with E-state index < -0.39 is 5.97 Å². The zero-order valence-corrected chi connectivity index (χ0v) is 21.8. The Kier molecular flexibility index (Phi) is 6.79. The number of aryl methyl sites for hydroxylation is 2. The van der Waals surface area contributed by atoms with Crippen LogP contribution in [-0.4, -0.2) is 21.8 Å². The van der Waals surface area contributed by atoms with Gasteiger partial charge in [-0.15, -0.1) is 0 Å². The van der Waals surface area contributed by atoms with Crippen LogP contribution in [0.4, 0.5) is 0 Å². The monoisotopic (exact) mass is 551 g/mol. The van der Waals surface area contributed by atoms with Gasteiger partial charge in [-0.2, -0.15) is 9.78 Å². The molecule has 0 saturated carbocycles. The van der Waals surface area contributed by atoms with E-state index in [2.05, 4.69) is 21.0 Å². The van der Waals surface area contributed by atoms with Gasteiger partial charge in [0, 0.05) is 15.6 Å². The Morgan fingerprint density at radius 1 is 0.919 bits per heavy atom. The molecule has 0 aliphatic rings. The second-order valence-corrected chi connectivity index (χ2v) is 9.53. The van der Waals surface area contributed by atoms with E-state index in [4.69, 9.17) is 9.72 Å². The fourth-order valence-electron chi connectivity index (χ4n) is 3.80. The summed E-state index contributed by atoms with van der Waals surface area (Å²) in [7, 11) is 0. The van der Waals surface area contributed by atoms with Crippen LogP contribution < -0.4 is 10.3 Å². The van der Waals surface area contributed by atoms with E-state index in [1.165, 1.54) is 10.9 Å². The summed E-state index contributed by atoms with van der Waals surface area (Å²) in [6, 6.07) is 27.3. The topological polar surface area (TPSA) is 73.5 Å². The van der Waals surface area contributed by atoms with Crippen molar-refractivity contribution < 1.29 is 9.53 Å². The largest absolute Gasteiger partial charge is 0.422 e. The van der Waals surface area contributed by atoms with Crippen LogP contribution in [0, 0.1) is 13.8 Å². The number of halogens is 1. The summed E-state index contributed by atoms with van der Waals surface area (Å²) in [5.41, 5.74) is 4.14. The molecule has 0 spiro atoms. The molecule has 0 bridgehead atoms. The third-order valence-corrected chi connectivity index (χ3v) is 6.33. The highest BCUT2D eigenvalue weighted by Crippen LogP contribution is 2.24. The van der Waals surface area contributed by atoms with E-state index >= 15 is 0 Å². The lowest BCUT2D eigenvalue weighted by atomic mass is 10.1. The summed E-state index contributed by atoms with van der Waals surface area (Å²) in [5, 5.41) is 4.98. The Morgan fingerprint density at radius 2 is 1.59 bits per heavy atom. The SMILES string of the molecule is Cc1ccc(C(=O)Oc2ccc(Br)cc2C=Nn2c(-c3ccc(C)cc3)nc3ccccc3c2=O)cc1. The summed E-state index contributed by atoms with van der Waals surface area (Å²) in [6.07, 6.45) is 1.50. The maximum absolute atomic E-state index is 13.5. The first-order valence-corrected chi connectivity index (χ1v) is 12.4. The van der Waals surface area contributed by atoms with Crippen molar-refractivity contribution in [1.82, 2.24) is 9.66 Å². The van der Waals surface area contributed by atoms with Crippen molar-refractivity contribution in [1.29, 1.82) is 0 Å². The number of nitrogens with zero attached hydrogens (tertiary/aromatic N) is 3. The summed E-state index contributed by atoms with van der Waals surface area (Å²) in [4.78, 5) is 31.0. The van der Waals surface area contributed by atoms with Crippen LogP contribution >= 0.6 is 15.9 Å². The van der Waals surface area contributed by atoms with Gasteiger partial charge in [-0.3, -0.25) is 4.79 Å². The van der Waals surface area contributed by atoms with Crippen LogP contribution in [0.2, 0.25) is 0 Å². The highest BCUT2D eigenvalue weighted by molar-refractivity contribution is 9.10. The molecule has 1 heterocycles. The van der Waals surface area contributed by atoms with Crippen LogP contribution in [-0.2, 0) is 0 Å². The Hall–Kier alpha value is -4.36. The summed E-state index contributed by atoms with van der Waals surface area (Å²) >= 11 is 3.46. The van der Waals surface area contributed by atoms with Crippen molar-refractivity contribution in [2.24, 2.45) is 5.10 Å². The molecule has 5 rings (SSSR count). The van der Waals surface area contributed by atoms with Crippen molar-refractivity contribution in [3.63, 3.8) is 0 Å². The average molecular weight is 552 g/mol. The van der Waals surface area contributed by atoms with E-state index in [1.54, 1.807) is 48.5 Å². The third kappa shape index (κ3) is 5.27. The lowest BCUT2D eigenvalue weighted by Crippen LogP contribution is -2.20. The molecular weight excluding hydrogens is 530 g/mol. The van der Waals surface area contributed by atoms with Crippen LogP contribution in [0.25, 0.3) is 22.3 Å². The molecule has 37 heavy (non-hydrogen) atoms.